The normalized spacial score (nSPS) is 12.0. The predicted molar refractivity (Wildman–Crippen MR) is 77.7 cm³/mol. The summed E-state index contributed by atoms with van der Waals surface area (Å²) in [5.41, 5.74) is 0.934. The summed E-state index contributed by atoms with van der Waals surface area (Å²) < 4.78 is 10.8. The van der Waals surface area contributed by atoms with Crippen molar-refractivity contribution in [3.8, 4) is 11.5 Å². The minimum atomic E-state index is -1.01. The van der Waals surface area contributed by atoms with Crippen LogP contribution in [0.15, 0.2) is 12.1 Å². The second-order valence-corrected chi connectivity index (χ2v) is 4.78. The fourth-order valence-electron chi connectivity index (χ4n) is 1.83. The molecule has 1 aromatic carbocycles. The van der Waals surface area contributed by atoms with Crippen molar-refractivity contribution >= 4 is 17.6 Å². The number of ether oxygens (including phenoxy) is 2. The molecule has 1 rings (SSSR count). The third kappa shape index (κ3) is 4.28. The van der Waals surface area contributed by atoms with E-state index in [2.05, 4.69) is 5.32 Å². The quantitative estimate of drug-likeness (QED) is 0.773. The van der Waals surface area contributed by atoms with Crippen LogP contribution in [0.25, 0.3) is 0 Å². The van der Waals surface area contributed by atoms with Crippen LogP contribution in [0.3, 0.4) is 0 Å². The minimum Gasteiger partial charge on any atom is -0.493 e. The van der Waals surface area contributed by atoms with Crippen LogP contribution in [-0.4, -0.2) is 31.3 Å². The van der Waals surface area contributed by atoms with Crippen molar-refractivity contribution in [3.63, 3.8) is 0 Å². The molecule has 0 saturated carbocycles. The highest BCUT2D eigenvalue weighted by atomic mass is 35.5. The molecule has 2 N–H and O–H groups in total. The Labute approximate surface area is 123 Å². The van der Waals surface area contributed by atoms with Gasteiger partial charge in [-0.25, -0.2) is 4.79 Å². The predicted octanol–water partition coefficient (Wildman–Crippen LogP) is 2.70. The van der Waals surface area contributed by atoms with Crippen molar-refractivity contribution in [2.75, 3.05) is 14.2 Å². The lowest BCUT2D eigenvalue weighted by Gasteiger charge is -2.18. The van der Waals surface area contributed by atoms with E-state index in [9.17, 15) is 4.79 Å². The topological polar surface area (TPSA) is 67.8 Å². The smallest absolute Gasteiger partial charge is 0.344 e. The first-order valence-electron chi connectivity index (χ1n) is 6.43. The van der Waals surface area contributed by atoms with Crippen molar-refractivity contribution < 1.29 is 19.4 Å². The van der Waals surface area contributed by atoms with Crippen LogP contribution in [0.5, 0.6) is 11.5 Å². The summed E-state index contributed by atoms with van der Waals surface area (Å²) in [4.78, 5) is 11.2. The second kappa shape index (κ2) is 7.97. The Balaban J connectivity index is 3.06. The van der Waals surface area contributed by atoms with Gasteiger partial charge in [-0.05, 0) is 31.2 Å². The first-order valence-corrected chi connectivity index (χ1v) is 6.81. The van der Waals surface area contributed by atoms with E-state index in [-0.39, 0.29) is 5.75 Å². The highest BCUT2D eigenvalue weighted by Crippen LogP contribution is 2.37. The largest absolute Gasteiger partial charge is 0.493 e. The maximum Gasteiger partial charge on any atom is 0.344 e. The number of rotatable bonds is 8. The van der Waals surface area contributed by atoms with Gasteiger partial charge in [0.15, 0.2) is 17.6 Å². The highest BCUT2D eigenvalue weighted by Gasteiger charge is 2.22. The molecule has 0 fully saturated rings. The highest BCUT2D eigenvalue weighted by molar-refractivity contribution is 6.32. The Kier molecular flexibility index (Phi) is 6.61. The summed E-state index contributed by atoms with van der Waals surface area (Å²) in [6.45, 7) is 2.53. The molecule has 6 heteroatoms. The van der Waals surface area contributed by atoms with Gasteiger partial charge in [0.1, 0.15) is 0 Å². The van der Waals surface area contributed by atoms with Crippen LogP contribution in [0.2, 0.25) is 5.02 Å². The van der Waals surface area contributed by atoms with Gasteiger partial charge in [0.2, 0.25) is 0 Å². The Bertz CT molecular complexity index is 465. The summed E-state index contributed by atoms with van der Waals surface area (Å²) in [6.07, 6.45) is 0.184. The first kappa shape index (κ1) is 16.6. The third-order valence-corrected chi connectivity index (χ3v) is 3.04. The molecule has 0 heterocycles. The van der Waals surface area contributed by atoms with Crippen LogP contribution in [-0.2, 0) is 11.3 Å². The number of carboxylic acids is 1. The number of hydrogen-bond acceptors (Lipinski definition) is 4. The van der Waals surface area contributed by atoms with Crippen molar-refractivity contribution in [2.24, 2.45) is 0 Å². The molecule has 0 spiro atoms. The van der Waals surface area contributed by atoms with Crippen molar-refractivity contribution in [1.82, 2.24) is 5.32 Å². The molecule has 0 amide bonds. The average Bonchev–Trinajstić information content (AvgIpc) is 2.40. The molecule has 1 aromatic rings. The Morgan fingerprint density at radius 1 is 1.50 bits per heavy atom. The van der Waals surface area contributed by atoms with Crippen LogP contribution in [0.1, 0.15) is 25.3 Å². The number of benzene rings is 1. The first-order chi connectivity index (χ1) is 9.53. The van der Waals surface area contributed by atoms with Crippen LogP contribution >= 0.6 is 11.6 Å². The fourth-order valence-corrected chi connectivity index (χ4v) is 2.11. The van der Waals surface area contributed by atoms with E-state index in [0.29, 0.717) is 30.2 Å². The van der Waals surface area contributed by atoms with Crippen LogP contribution in [0.4, 0.5) is 0 Å². The minimum absolute atomic E-state index is 0.273. The molecular weight excluding hydrogens is 282 g/mol. The van der Waals surface area contributed by atoms with E-state index in [4.69, 9.17) is 26.2 Å². The number of carbonyl (C=O) groups is 1. The monoisotopic (exact) mass is 301 g/mol. The molecule has 112 valence electrons. The molecule has 0 aliphatic carbocycles. The van der Waals surface area contributed by atoms with Gasteiger partial charge < -0.3 is 19.9 Å². The van der Waals surface area contributed by atoms with E-state index in [0.717, 1.165) is 5.56 Å². The molecule has 1 unspecified atom stereocenters. The Morgan fingerprint density at radius 3 is 2.70 bits per heavy atom. The van der Waals surface area contributed by atoms with Gasteiger partial charge in [0.05, 0.1) is 12.1 Å². The SMILES string of the molecule is CCCC(Oc1c(Cl)cc(CNC)cc1OC)C(=O)O. The summed E-state index contributed by atoms with van der Waals surface area (Å²) >= 11 is 6.17. The van der Waals surface area contributed by atoms with Crippen molar-refractivity contribution in [1.29, 1.82) is 0 Å². The number of halogens is 1. The van der Waals surface area contributed by atoms with Gasteiger partial charge >= 0.3 is 5.97 Å². The standard InChI is InChI=1S/C14H20ClNO4/c1-4-5-11(14(17)18)20-13-10(15)6-9(8-16-2)7-12(13)19-3/h6-7,11,16H,4-5,8H2,1-3H3,(H,17,18). The molecule has 0 saturated heterocycles. The molecule has 0 aliphatic heterocycles. The van der Waals surface area contributed by atoms with E-state index in [1.54, 1.807) is 12.1 Å². The fraction of sp³-hybridized carbons (Fsp3) is 0.500. The van der Waals surface area contributed by atoms with Crippen LogP contribution in [0, 0.1) is 0 Å². The Hall–Kier alpha value is -1.46. The lowest BCUT2D eigenvalue weighted by atomic mass is 10.1. The number of hydrogen-bond donors (Lipinski definition) is 2. The van der Waals surface area contributed by atoms with E-state index in [1.165, 1.54) is 7.11 Å². The average molecular weight is 302 g/mol. The van der Waals surface area contributed by atoms with Crippen LogP contribution < -0.4 is 14.8 Å². The number of nitrogens with one attached hydrogen (secondary N) is 1. The van der Waals surface area contributed by atoms with Crippen molar-refractivity contribution in [2.45, 2.75) is 32.4 Å². The molecule has 0 aliphatic rings. The lowest BCUT2D eigenvalue weighted by molar-refractivity contribution is -0.145. The number of carboxylic acid groups (broad SMARTS) is 1. The Morgan fingerprint density at radius 2 is 2.20 bits per heavy atom. The van der Waals surface area contributed by atoms with Gasteiger partial charge in [-0.3, -0.25) is 0 Å². The summed E-state index contributed by atoms with van der Waals surface area (Å²) in [7, 11) is 3.32. The summed E-state index contributed by atoms with van der Waals surface area (Å²) in [5, 5.41) is 12.5. The van der Waals surface area contributed by atoms with Gasteiger partial charge in [-0.2, -0.15) is 0 Å². The molecule has 5 nitrogen and oxygen atoms in total. The second-order valence-electron chi connectivity index (χ2n) is 4.37. The third-order valence-electron chi connectivity index (χ3n) is 2.76. The zero-order valence-corrected chi connectivity index (χ0v) is 12.7. The van der Waals surface area contributed by atoms with E-state index >= 15 is 0 Å². The molecule has 1 atom stereocenters. The van der Waals surface area contributed by atoms with Crippen molar-refractivity contribution in [3.05, 3.63) is 22.7 Å². The number of aliphatic carboxylic acids is 1. The van der Waals surface area contributed by atoms with Gasteiger partial charge in [-0.1, -0.05) is 24.9 Å². The van der Waals surface area contributed by atoms with E-state index in [1.807, 2.05) is 14.0 Å². The molecule has 0 aromatic heterocycles. The van der Waals surface area contributed by atoms with Gasteiger partial charge in [0.25, 0.3) is 0 Å². The van der Waals surface area contributed by atoms with Gasteiger partial charge in [-0.15, -0.1) is 0 Å². The molecular formula is C14H20ClNO4. The molecule has 0 radical (unpaired) electrons. The zero-order chi connectivity index (χ0) is 15.1. The summed E-state index contributed by atoms with van der Waals surface area (Å²) in [6, 6.07) is 3.52. The molecule has 20 heavy (non-hydrogen) atoms. The molecule has 0 bridgehead atoms. The zero-order valence-electron chi connectivity index (χ0n) is 11.9. The summed E-state index contributed by atoms with van der Waals surface area (Å²) in [5.74, 6) is -0.302. The van der Waals surface area contributed by atoms with E-state index < -0.39 is 12.1 Å². The maximum atomic E-state index is 11.2. The van der Waals surface area contributed by atoms with Gasteiger partial charge in [0, 0.05) is 6.54 Å². The lowest BCUT2D eigenvalue weighted by Crippen LogP contribution is -2.27. The maximum absolute atomic E-state index is 11.2. The number of methoxy groups -OCH3 is 1.